The van der Waals surface area contributed by atoms with E-state index in [2.05, 4.69) is 0 Å². The second-order valence-corrected chi connectivity index (χ2v) is 12.8. The van der Waals surface area contributed by atoms with E-state index in [0.29, 0.717) is 35.4 Å². The summed E-state index contributed by atoms with van der Waals surface area (Å²) < 4.78 is 137. The van der Waals surface area contributed by atoms with Crippen LogP contribution in [0.5, 0.6) is 0 Å². The molecule has 0 aromatic heterocycles. The van der Waals surface area contributed by atoms with Crippen LogP contribution in [-0.2, 0) is 25.4 Å². The zero-order valence-electron chi connectivity index (χ0n) is 16.4. The quantitative estimate of drug-likeness (QED) is 0.449. The topological polar surface area (TPSA) is 88.5 Å². The van der Waals surface area contributed by atoms with Crippen molar-refractivity contribution in [1.29, 1.82) is 0 Å². The third-order valence-corrected chi connectivity index (χ3v) is 9.94. The Morgan fingerprint density at radius 1 is 0.750 bits per heavy atom. The van der Waals surface area contributed by atoms with Gasteiger partial charge < -0.3 is 0 Å². The Labute approximate surface area is 180 Å². The molecule has 13 heteroatoms. The van der Waals surface area contributed by atoms with Crippen molar-refractivity contribution in [2.75, 3.05) is 0 Å². The minimum atomic E-state index is -7.05. The Hall–Kier alpha value is -1.34. The summed E-state index contributed by atoms with van der Waals surface area (Å²) in [4.78, 5) is -1.36. The zero-order valence-corrected chi connectivity index (χ0v) is 18.1. The number of halogens is 6. The summed E-state index contributed by atoms with van der Waals surface area (Å²) >= 11 is 0. The molecule has 0 radical (unpaired) electrons. The number of rotatable bonds is 6. The second-order valence-electron chi connectivity index (χ2n) is 9.31. The summed E-state index contributed by atoms with van der Waals surface area (Å²) in [7, 11) is -13.5. The van der Waals surface area contributed by atoms with E-state index in [1.807, 2.05) is 0 Å². The van der Waals surface area contributed by atoms with Crippen LogP contribution in [0.25, 0.3) is 0 Å². The summed E-state index contributed by atoms with van der Waals surface area (Å²) in [5.41, 5.74) is 0.412. The summed E-state index contributed by atoms with van der Waals surface area (Å²) in [6, 6.07) is 3.77. The molecule has 0 atom stereocenters. The maximum atomic E-state index is 14.2. The second kappa shape index (κ2) is 6.84. The Balaban J connectivity index is 1.68. The van der Waals surface area contributed by atoms with Gasteiger partial charge in [0.25, 0.3) is 0 Å². The predicted molar refractivity (Wildman–Crippen MR) is 99.9 cm³/mol. The molecule has 4 aliphatic carbocycles. The van der Waals surface area contributed by atoms with Gasteiger partial charge >= 0.3 is 26.5 Å². The molecular formula is C19H20F6O5S2. The van der Waals surface area contributed by atoms with Crippen molar-refractivity contribution < 1.29 is 47.7 Å². The average molecular weight is 506 g/mol. The SMILES string of the molecule is O=S(=O)(O)C(F)(F)C(F)(F)C(F)(F)S(=O)(=O)c1ccc(C23CC4CC(CC(C4)C2)C3)cc1. The lowest BCUT2D eigenvalue weighted by Gasteiger charge is -2.57. The van der Waals surface area contributed by atoms with E-state index in [1.54, 1.807) is 0 Å². The molecule has 0 amide bonds. The van der Waals surface area contributed by atoms with Gasteiger partial charge in [-0.3, -0.25) is 4.55 Å². The number of benzene rings is 1. The lowest BCUT2D eigenvalue weighted by atomic mass is 9.48. The number of hydrogen-bond acceptors (Lipinski definition) is 4. The molecule has 1 N–H and O–H groups in total. The zero-order chi connectivity index (χ0) is 24.0. The molecule has 0 aliphatic heterocycles. The highest BCUT2D eigenvalue weighted by Crippen LogP contribution is 2.61. The van der Waals surface area contributed by atoms with Gasteiger partial charge in [-0.15, -0.1) is 0 Å². The van der Waals surface area contributed by atoms with E-state index in [9.17, 15) is 43.2 Å². The standard InChI is InChI=1S/C19H20F6O5S2/c20-17(21,19(24,25)32(28,29)30)18(22,23)31(26,27)15-3-1-14(2-4-15)16-8-11-5-12(9-16)7-13(6-11)10-16/h1-4,11-13H,5-10H2,(H,28,29,30). The van der Waals surface area contributed by atoms with Crippen LogP contribution in [0.15, 0.2) is 29.2 Å². The monoisotopic (exact) mass is 506 g/mol. The molecule has 4 bridgehead atoms. The molecule has 0 heterocycles. The molecule has 1 aromatic rings. The Bertz CT molecular complexity index is 1090. The van der Waals surface area contributed by atoms with Crippen molar-refractivity contribution in [3.63, 3.8) is 0 Å². The molecule has 180 valence electrons. The highest BCUT2D eigenvalue weighted by molar-refractivity contribution is 7.92. The molecule has 32 heavy (non-hydrogen) atoms. The molecule has 4 saturated carbocycles. The first-order valence-electron chi connectivity index (χ1n) is 9.90. The highest BCUT2D eigenvalue weighted by atomic mass is 32.2. The van der Waals surface area contributed by atoms with Gasteiger partial charge in [0.15, 0.2) is 0 Å². The third-order valence-electron chi connectivity index (χ3n) is 7.21. The van der Waals surface area contributed by atoms with Crippen LogP contribution < -0.4 is 0 Å². The molecular weight excluding hydrogens is 486 g/mol. The molecule has 5 nitrogen and oxygen atoms in total. The fourth-order valence-corrected chi connectivity index (χ4v) is 7.87. The van der Waals surface area contributed by atoms with E-state index < -0.39 is 41.3 Å². The summed E-state index contributed by atoms with van der Waals surface area (Å²) in [5, 5.41) is -13.3. The van der Waals surface area contributed by atoms with Crippen molar-refractivity contribution in [2.24, 2.45) is 17.8 Å². The van der Waals surface area contributed by atoms with Gasteiger partial charge in [0, 0.05) is 0 Å². The lowest BCUT2D eigenvalue weighted by molar-refractivity contribution is -0.245. The normalized spacial score (nSPS) is 31.2. The lowest BCUT2D eigenvalue weighted by Crippen LogP contribution is -2.60. The van der Waals surface area contributed by atoms with E-state index in [-0.39, 0.29) is 5.41 Å². The Kier molecular flexibility index (Phi) is 5.09. The maximum absolute atomic E-state index is 14.2. The average Bonchev–Trinajstić information content (AvgIpc) is 2.65. The van der Waals surface area contributed by atoms with Crippen LogP contribution in [0.1, 0.15) is 44.1 Å². The maximum Gasteiger partial charge on any atom is 0.439 e. The van der Waals surface area contributed by atoms with Crippen LogP contribution in [0.2, 0.25) is 0 Å². The highest BCUT2D eigenvalue weighted by Gasteiger charge is 2.82. The molecule has 1 aromatic carbocycles. The molecule has 0 unspecified atom stereocenters. The van der Waals surface area contributed by atoms with Gasteiger partial charge in [0.1, 0.15) is 0 Å². The third kappa shape index (κ3) is 3.13. The first-order chi connectivity index (χ1) is 14.4. The number of hydrogen-bond donors (Lipinski definition) is 1. The Morgan fingerprint density at radius 3 is 1.53 bits per heavy atom. The van der Waals surface area contributed by atoms with Crippen LogP contribution in [0.3, 0.4) is 0 Å². The van der Waals surface area contributed by atoms with Crippen LogP contribution in [0.4, 0.5) is 26.3 Å². The molecule has 4 aliphatic rings. The van der Waals surface area contributed by atoms with Gasteiger partial charge in [-0.25, -0.2) is 8.42 Å². The van der Waals surface area contributed by atoms with Crippen LogP contribution >= 0.6 is 0 Å². The minimum Gasteiger partial charge on any atom is -0.281 e. The van der Waals surface area contributed by atoms with Gasteiger partial charge in [0.05, 0.1) is 4.90 Å². The van der Waals surface area contributed by atoms with E-state index >= 15 is 0 Å². The van der Waals surface area contributed by atoms with Gasteiger partial charge in [-0.2, -0.15) is 34.8 Å². The molecule has 0 saturated heterocycles. The first kappa shape index (κ1) is 23.8. The van der Waals surface area contributed by atoms with Gasteiger partial charge in [0.2, 0.25) is 9.84 Å². The summed E-state index contributed by atoms with van der Waals surface area (Å²) in [5.74, 6) is -5.41. The van der Waals surface area contributed by atoms with Gasteiger partial charge in [-0.1, -0.05) is 12.1 Å². The van der Waals surface area contributed by atoms with Crippen LogP contribution in [0, 0.1) is 17.8 Å². The van der Waals surface area contributed by atoms with Crippen LogP contribution in [-0.4, -0.2) is 37.8 Å². The van der Waals surface area contributed by atoms with E-state index in [4.69, 9.17) is 4.55 Å². The van der Waals surface area contributed by atoms with Crippen molar-refractivity contribution in [2.45, 2.75) is 65.3 Å². The molecule has 4 fully saturated rings. The summed E-state index contributed by atoms with van der Waals surface area (Å²) in [6.45, 7) is 0. The molecule has 5 rings (SSSR count). The Morgan fingerprint density at radius 2 is 1.16 bits per heavy atom. The van der Waals surface area contributed by atoms with Crippen molar-refractivity contribution in [3.8, 4) is 0 Å². The fourth-order valence-electron chi connectivity index (χ4n) is 6.10. The molecule has 0 spiro atoms. The van der Waals surface area contributed by atoms with Crippen molar-refractivity contribution >= 4 is 20.0 Å². The summed E-state index contributed by atoms with van der Waals surface area (Å²) in [6.07, 6.45) is 5.86. The van der Waals surface area contributed by atoms with Crippen molar-refractivity contribution in [1.82, 2.24) is 0 Å². The first-order valence-corrected chi connectivity index (χ1v) is 12.8. The largest absolute Gasteiger partial charge is 0.439 e. The predicted octanol–water partition coefficient (Wildman–Crippen LogP) is 4.64. The number of alkyl halides is 6. The smallest absolute Gasteiger partial charge is 0.281 e. The number of sulfone groups is 1. The minimum absolute atomic E-state index is 0.262. The van der Waals surface area contributed by atoms with Gasteiger partial charge in [-0.05, 0) is 79.4 Å². The van der Waals surface area contributed by atoms with E-state index in [0.717, 1.165) is 38.5 Å². The van der Waals surface area contributed by atoms with Crippen molar-refractivity contribution in [3.05, 3.63) is 29.8 Å². The fraction of sp³-hybridized carbons (Fsp3) is 0.684. The van der Waals surface area contributed by atoms with E-state index in [1.165, 1.54) is 12.1 Å².